The van der Waals surface area contributed by atoms with Gasteiger partial charge in [0.1, 0.15) is 11.4 Å². The van der Waals surface area contributed by atoms with E-state index in [2.05, 4.69) is 42.6 Å². The van der Waals surface area contributed by atoms with Crippen LogP contribution in [0.25, 0.3) is 16.7 Å². The fourth-order valence-corrected chi connectivity index (χ4v) is 4.89. The van der Waals surface area contributed by atoms with Crippen molar-refractivity contribution in [2.24, 2.45) is 21.7 Å². The quantitative estimate of drug-likeness (QED) is 0.288. The zero-order valence-corrected chi connectivity index (χ0v) is 25.1. The number of carbonyl (C=O) groups is 1. The Hall–Kier alpha value is -4.02. The van der Waals surface area contributed by atoms with E-state index in [1.807, 2.05) is 13.8 Å². The number of rotatable bonds is 8. The minimum atomic E-state index is -2.82. The summed E-state index contributed by atoms with van der Waals surface area (Å²) in [4.78, 5) is 26.4. The van der Waals surface area contributed by atoms with Crippen LogP contribution in [0.5, 0.6) is 5.75 Å². The number of aliphatic imine (C=N–C) groups is 1. The largest absolute Gasteiger partial charge is 0.494 e. The second kappa shape index (κ2) is 15.5. The Morgan fingerprint density at radius 2 is 1.98 bits per heavy atom. The molecular weight excluding hydrogens is 576 g/mol. The third kappa shape index (κ3) is 8.52. The molecule has 43 heavy (non-hydrogen) atoms. The summed E-state index contributed by atoms with van der Waals surface area (Å²) in [6.45, 7) is 5.27. The van der Waals surface area contributed by atoms with Gasteiger partial charge in [-0.25, -0.2) is 8.78 Å². The Morgan fingerprint density at radius 3 is 2.65 bits per heavy atom. The molecule has 3 aliphatic rings. The molecule has 2 aliphatic heterocycles. The summed E-state index contributed by atoms with van der Waals surface area (Å²) in [6.07, 6.45) is 6.54. The molecule has 1 aliphatic carbocycles. The van der Waals surface area contributed by atoms with Crippen LogP contribution in [0.15, 0.2) is 40.8 Å². The number of halogens is 2. The maximum Gasteiger partial charge on any atom is 0.280 e. The predicted octanol–water partition coefficient (Wildman–Crippen LogP) is 4.74. The highest BCUT2D eigenvalue weighted by Crippen LogP contribution is 2.36. The van der Waals surface area contributed by atoms with E-state index in [1.54, 1.807) is 12.3 Å². The lowest BCUT2D eigenvalue weighted by Crippen LogP contribution is -2.38. The van der Waals surface area contributed by atoms with Crippen molar-refractivity contribution in [1.29, 1.82) is 0 Å². The van der Waals surface area contributed by atoms with Crippen LogP contribution in [0.2, 0.25) is 0 Å². The van der Waals surface area contributed by atoms with Crippen molar-refractivity contribution in [3.8, 4) is 28.7 Å². The highest BCUT2D eigenvalue weighted by Gasteiger charge is 2.26. The Morgan fingerprint density at radius 1 is 1.21 bits per heavy atom. The summed E-state index contributed by atoms with van der Waals surface area (Å²) >= 11 is 1.28. The second-order valence-corrected chi connectivity index (χ2v) is 10.6. The molecule has 0 radical (unpaired) electrons. The number of hydrogen-bond acceptors (Lipinski definition) is 10. The van der Waals surface area contributed by atoms with Gasteiger partial charge >= 0.3 is 0 Å². The molecule has 0 aromatic carbocycles. The van der Waals surface area contributed by atoms with E-state index in [0.29, 0.717) is 41.0 Å². The minimum Gasteiger partial charge on any atom is -0.494 e. The van der Waals surface area contributed by atoms with Gasteiger partial charge in [-0.3, -0.25) is 25.2 Å². The maximum atomic E-state index is 13.6. The third-order valence-electron chi connectivity index (χ3n) is 6.60. The van der Waals surface area contributed by atoms with Crippen molar-refractivity contribution in [3.63, 3.8) is 0 Å². The second-order valence-electron chi connectivity index (χ2n) is 9.53. The fourth-order valence-electron chi connectivity index (χ4n) is 4.17. The Labute approximate surface area is 254 Å². The van der Waals surface area contributed by atoms with Crippen molar-refractivity contribution in [2.45, 2.75) is 57.5 Å². The summed E-state index contributed by atoms with van der Waals surface area (Å²) in [5.41, 5.74) is 9.37. The number of nitrogens with one attached hydrogen (secondary N) is 2. The van der Waals surface area contributed by atoms with Gasteiger partial charge in [-0.2, -0.15) is 5.10 Å². The third-order valence-corrected chi connectivity index (χ3v) is 7.47. The number of nitrogens with zero attached hydrogens (tertiary/aromatic N) is 4. The number of hydrogen-bond donors (Lipinski definition) is 3. The van der Waals surface area contributed by atoms with E-state index in [9.17, 15) is 13.6 Å². The van der Waals surface area contributed by atoms with Gasteiger partial charge in [0.05, 0.1) is 30.6 Å². The minimum absolute atomic E-state index is 0.0922. The van der Waals surface area contributed by atoms with Crippen molar-refractivity contribution in [1.82, 2.24) is 20.7 Å². The highest BCUT2D eigenvalue weighted by molar-refractivity contribution is 8.15. The molecular formula is C30H35F2N7O3S. The van der Waals surface area contributed by atoms with Gasteiger partial charge in [0.2, 0.25) is 0 Å². The molecule has 1 unspecified atom stereocenters. The zero-order valence-electron chi connectivity index (χ0n) is 24.3. The summed E-state index contributed by atoms with van der Waals surface area (Å²) in [6, 6.07) is 2.91. The van der Waals surface area contributed by atoms with Gasteiger partial charge in [-0.15, -0.1) is 0 Å². The first-order valence-electron chi connectivity index (χ1n) is 14.1. The van der Waals surface area contributed by atoms with Crippen molar-refractivity contribution in [3.05, 3.63) is 47.7 Å². The molecule has 4 heterocycles. The van der Waals surface area contributed by atoms with Crippen molar-refractivity contribution < 1.29 is 23.0 Å². The van der Waals surface area contributed by atoms with Crippen LogP contribution < -0.4 is 21.2 Å². The van der Waals surface area contributed by atoms with Crippen molar-refractivity contribution in [2.75, 3.05) is 20.3 Å². The smallest absolute Gasteiger partial charge is 0.280 e. The molecule has 5 rings (SSSR count). The number of allylic oxidation sites excluding steroid dienone is 1. The summed E-state index contributed by atoms with van der Waals surface area (Å²) in [5, 5.41) is 7.61. The lowest BCUT2D eigenvalue weighted by molar-refractivity contribution is 0.0872. The molecule has 1 atom stereocenters. The van der Waals surface area contributed by atoms with Gasteiger partial charge in [0, 0.05) is 54.4 Å². The number of amides is 1. The Bertz CT molecular complexity index is 1440. The predicted molar refractivity (Wildman–Crippen MR) is 165 cm³/mol. The number of aromatic nitrogens is 2. The number of thioether (sulfide) groups is 1. The summed E-state index contributed by atoms with van der Waals surface area (Å²) < 4.78 is 38.1. The number of hydrazone groups is 1. The van der Waals surface area contributed by atoms with Crippen LogP contribution in [-0.2, 0) is 4.74 Å². The van der Waals surface area contributed by atoms with Gasteiger partial charge in [0.25, 0.3) is 12.3 Å². The molecule has 2 fully saturated rings. The van der Waals surface area contributed by atoms with Crippen LogP contribution in [0.4, 0.5) is 8.78 Å². The fraction of sp³-hybridized carbons (Fsp3) is 0.433. The number of carbonyl (C=O) groups excluding carboxylic acids is 1. The Balaban J connectivity index is 0.00000207. The molecule has 228 valence electrons. The van der Waals surface area contributed by atoms with E-state index in [-0.39, 0.29) is 22.9 Å². The van der Waals surface area contributed by atoms with Crippen molar-refractivity contribution >= 4 is 34.5 Å². The van der Waals surface area contributed by atoms with Crippen LogP contribution in [0.1, 0.15) is 67.7 Å². The number of alkyl halides is 2. The lowest BCUT2D eigenvalue weighted by Gasteiger charge is -2.18. The van der Waals surface area contributed by atoms with Gasteiger partial charge in [0.15, 0.2) is 10.5 Å². The molecule has 1 saturated carbocycles. The molecule has 2 aromatic rings. The van der Waals surface area contributed by atoms with Crippen LogP contribution >= 0.6 is 11.8 Å². The van der Waals surface area contributed by atoms with E-state index in [1.165, 1.54) is 43.5 Å². The topological polar surface area (TPSA) is 136 Å². The molecule has 10 nitrogen and oxygen atoms in total. The first-order valence-corrected chi connectivity index (χ1v) is 15.0. The van der Waals surface area contributed by atoms with Gasteiger partial charge in [-0.05, 0) is 55.5 Å². The standard InChI is InChI=1S/C28H29F2N7O3S.C2H6/c1-39-24-15-34-23(26(29)30)11-20(24)19-10-22(17(12-31)13-32-18-6-8-40-9-7-18)33-14-21(19)27(38)35-28-37-36-25(41-28)5-4-16-2-3-16;1-2/h10-16,18,26,28,37H,2-3,6-9,31H2,1H3,(H,35,38);1-2H3/b17-12+,32-13?;. The molecule has 0 spiro atoms. The number of ether oxygens (including phenoxy) is 2. The SMILES string of the molecule is CC.COc1cnc(C(F)F)cc1-c1cc(/C(C=NC2CCOCC2)=C/N)ncc1C(=O)NC1NN=C(C#CC2CC2)S1. The Kier molecular flexibility index (Phi) is 11.5. The molecule has 13 heteroatoms. The van der Waals surface area contributed by atoms with Gasteiger partial charge in [-0.1, -0.05) is 19.8 Å². The first kappa shape index (κ1) is 31.9. The average Bonchev–Trinajstić information content (AvgIpc) is 3.78. The maximum absolute atomic E-state index is 13.6. The van der Waals surface area contributed by atoms with Crippen LogP contribution in [-0.4, -0.2) is 59.0 Å². The van der Waals surface area contributed by atoms with E-state index in [4.69, 9.17) is 15.2 Å². The summed E-state index contributed by atoms with van der Waals surface area (Å²) in [7, 11) is 1.40. The monoisotopic (exact) mass is 611 g/mol. The van der Waals surface area contributed by atoms with E-state index in [0.717, 1.165) is 25.7 Å². The molecule has 1 amide bonds. The number of pyridine rings is 2. The molecule has 1 saturated heterocycles. The lowest BCUT2D eigenvalue weighted by atomic mass is 9.97. The van der Waals surface area contributed by atoms with E-state index < -0.39 is 23.5 Å². The summed E-state index contributed by atoms with van der Waals surface area (Å²) in [5.74, 6) is 6.29. The van der Waals surface area contributed by atoms with Crippen LogP contribution in [0.3, 0.4) is 0 Å². The number of nitrogens with two attached hydrogens (primary N) is 1. The highest BCUT2D eigenvalue weighted by atomic mass is 32.2. The average molecular weight is 612 g/mol. The van der Waals surface area contributed by atoms with Gasteiger partial charge < -0.3 is 20.5 Å². The molecule has 0 bridgehead atoms. The van der Waals surface area contributed by atoms with Crippen LogP contribution in [0, 0.1) is 17.8 Å². The first-order chi connectivity index (χ1) is 20.9. The molecule has 2 aromatic heterocycles. The molecule has 4 N–H and O–H groups in total. The zero-order chi connectivity index (χ0) is 30.8. The van der Waals surface area contributed by atoms with E-state index >= 15 is 0 Å². The number of methoxy groups -OCH3 is 1. The normalized spacial score (nSPS) is 18.7.